The molecular formula is C20H17N3. The summed E-state index contributed by atoms with van der Waals surface area (Å²) in [5.41, 5.74) is 5.17. The van der Waals surface area contributed by atoms with Crippen molar-refractivity contribution in [1.82, 2.24) is 9.97 Å². The third-order valence-electron chi connectivity index (χ3n) is 3.75. The number of rotatable bonds is 4. The van der Waals surface area contributed by atoms with Crippen molar-refractivity contribution in [2.45, 2.75) is 19.8 Å². The van der Waals surface area contributed by atoms with Gasteiger partial charge in [0.15, 0.2) is 5.82 Å². The zero-order valence-corrected chi connectivity index (χ0v) is 13.0. The Morgan fingerprint density at radius 2 is 1.35 bits per heavy atom. The molecule has 0 unspecified atom stereocenters. The van der Waals surface area contributed by atoms with Crippen LogP contribution in [-0.4, -0.2) is 9.97 Å². The monoisotopic (exact) mass is 299 g/mol. The first-order valence-corrected chi connectivity index (χ1v) is 7.72. The van der Waals surface area contributed by atoms with Gasteiger partial charge >= 0.3 is 0 Å². The van der Waals surface area contributed by atoms with Crippen LogP contribution in [0.2, 0.25) is 0 Å². The van der Waals surface area contributed by atoms with Gasteiger partial charge in [0.05, 0.1) is 5.56 Å². The van der Waals surface area contributed by atoms with Crippen LogP contribution in [0.15, 0.2) is 60.9 Å². The molecule has 0 aliphatic heterocycles. The van der Waals surface area contributed by atoms with Crippen LogP contribution in [0.5, 0.6) is 0 Å². The van der Waals surface area contributed by atoms with Crippen molar-refractivity contribution in [3.8, 4) is 28.6 Å². The van der Waals surface area contributed by atoms with Crippen LogP contribution in [0, 0.1) is 11.3 Å². The fourth-order valence-electron chi connectivity index (χ4n) is 2.50. The Kier molecular flexibility index (Phi) is 4.44. The van der Waals surface area contributed by atoms with Crippen molar-refractivity contribution in [2.24, 2.45) is 0 Å². The van der Waals surface area contributed by atoms with Crippen LogP contribution < -0.4 is 0 Å². The van der Waals surface area contributed by atoms with Gasteiger partial charge in [-0.05, 0) is 23.1 Å². The number of benzene rings is 2. The van der Waals surface area contributed by atoms with Gasteiger partial charge in [-0.1, -0.05) is 61.9 Å². The van der Waals surface area contributed by atoms with Gasteiger partial charge in [0.25, 0.3) is 0 Å². The van der Waals surface area contributed by atoms with E-state index in [9.17, 15) is 0 Å². The molecule has 2 aromatic carbocycles. The molecule has 0 aliphatic carbocycles. The molecule has 0 amide bonds. The van der Waals surface area contributed by atoms with Crippen LogP contribution in [0.4, 0.5) is 0 Å². The molecule has 0 radical (unpaired) electrons. The Morgan fingerprint density at radius 1 is 0.826 bits per heavy atom. The highest BCUT2D eigenvalue weighted by Gasteiger charge is 2.03. The van der Waals surface area contributed by atoms with E-state index in [0.717, 1.165) is 12.0 Å². The van der Waals surface area contributed by atoms with E-state index in [1.54, 1.807) is 12.4 Å². The van der Waals surface area contributed by atoms with E-state index < -0.39 is 0 Å². The van der Waals surface area contributed by atoms with E-state index >= 15 is 0 Å². The Balaban J connectivity index is 1.82. The molecule has 0 aliphatic rings. The molecule has 1 aromatic heterocycles. The second kappa shape index (κ2) is 6.85. The second-order valence-corrected chi connectivity index (χ2v) is 5.43. The fourth-order valence-corrected chi connectivity index (χ4v) is 2.50. The van der Waals surface area contributed by atoms with Gasteiger partial charge < -0.3 is 0 Å². The lowest BCUT2D eigenvalue weighted by molar-refractivity contribution is 0.922. The highest BCUT2D eigenvalue weighted by Crippen LogP contribution is 2.23. The predicted molar refractivity (Wildman–Crippen MR) is 91.6 cm³/mol. The lowest BCUT2D eigenvalue weighted by Crippen LogP contribution is -1.90. The van der Waals surface area contributed by atoms with E-state index in [0.29, 0.717) is 11.4 Å². The topological polar surface area (TPSA) is 49.6 Å². The number of aromatic nitrogens is 2. The largest absolute Gasteiger partial charge is 0.235 e. The normalized spacial score (nSPS) is 10.3. The smallest absolute Gasteiger partial charge is 0.159 e. The Morgan fingerprint density at radius 3 is 1.87 bits per heavy atom. The van der Waals surface area contributed by atoms with E-state index in [1.807, 2.05) is 18.2 Å². The van der Waals surface area contributed by atoms with Gasteiger partial charge in [0.1, 0.15) is 6.07 Å². The summed E-state index contributed by atoms with van der Waals surface area (Å²) < 4.78 is 0. The molecule has 3 aromatic rings. The van der Waals surface area contributed by atoms with E-state index in [4.69, 9.17) is 5.26 Å². The molecule has 3 nitrogen and oxygen atoms in total. The molecule has 0 bridgehead atoms. The maximum absolute atomic E-state index is 8.78. The lowest BCUT2D eigenvalue weighted by atomic mass is 10.0. The molecule has 3 rings (SSSR count). The molecule has 0 N–H and O–H groups in total. The van der Waals surface area contributed by atoms with Gasteiger partial charge in [-0.25, -0.2) is 9.97 Å². The summed E-state index contributed by atoms with van der Waals surface area (Å²) in [6.45, 7) is 2.19. The number of nitriles is 1. The molecular weight excluding hydrogens is 282 g/mol. The van der Waals surface area contributed by atoms with Gasteiger partial charge in [0, 0.05) is 18.0 Å². The zero-order chi connectivity index (χ0) is 16.1. The van der Waals surface area contributed by atoms with Crippen LogP contribution in [-0.2, 0) is 6.42 Å². The highest BCUT2D eigenvalue weighted by molar-refractivity contribution is 5.67. The molecule has 23 heavy (non-hydrogen) atoms. The van der Waals surface area contributed by atoms with E-state index in [1.165, 1.54) is 23.1 Å². The molecule has 0 atom stereocenters. The summed E-state index contributed by atoms with van der Waals surface area (Å²) >= 11 is 0. The summed E-state index contributed by atoms with van der Waals surface area (Å²) in [4.78, 5) is 8.44. The zero-order valence-electron chi connectivity index (χ0n) is 13.0. The maximum atomic E-state index is 8.78. The van der Waals surface area contributed by atoms with Crippen LogP contribution in [0.1, 0.15) is 24.5 Å². The van der Waals surface area contributed by atoms with Crippen molar-refractivity contribution < 1.29 is 0 Å². The van der Waals surface area contributed by atoms with E-state index in [2.05, 4.69) is 53.3 Å². The minimum atomic E-state index is 0.470. The molecule has 0 fully saturated rings. The van der Waals surface area contributed by atoms with Crippen molar-refractivity contribution in [3.05, 3.63) is 72.1 Å². The Hall–Kier alpha value is -2.99. The summed E-state index contributed by atoms with van der Waals surface area (Å²) in [7, 11) is 0. The summed E-state index contributed by atoms with van der Waals surface area (Å²) in [6.07, 6.45) is 5.37. The number of aryl methyl sites for hydroxylation is 1. The van der Waals surface area contributed by atoms with Crippen LogP contribution in [0.25, 0.3) is 22.5 Å². The highest BCUT2D eigenvalue weighted by atomic mass is 14.9. The third-order valence-corrected chi connectivity index (χ3v) is 3.75. The quantitative estimate of drug-likeness (QED) is 0.705. The average molecular weight is 299 g/mol. The molecule has 0 spiro atoms. The minimum absolute atomic E-state index is 0.470. The van der Waals surface area contributed by atoms with Crippen LogP contribution in [0.3, 0.4) is 0 Å². The number of nitrogens with zero attached hydrogens (tertiary/aromatic N) is 3. The van der Waals surface area contributed by atoms with Crippen molar-refractivity contribution >= 4 is 0 Å². The molecule has 1 heterocycles. The van der Waals surface area contributed by atoms with Crippen molar-refractivity contribution in [3.63, 3.8) is 0 Å². The SMILES string of the molecule is CCCc1ccc(-c2ccc(-c3ncc(C#N)cn3)cc2)cc1. The van der Waals surface area contributed by atoms with Gasteiger partial charge in [-0.2, -0.15) is 5.26 Å². The van der Waals surface area contributed by atoms with Crippen molar-refractivity contribution in [1.29, 1.82) is 5.26 Å². The van der Waals surface area contributed by atoms with E-state index in [-0.39, 0.29) is 0 Å². The molecule has 0 saturated carbocycles. The maximum Gasteiger partial charge on any atom is 0.159 e. The molecule has 3 heteroatoms. The summed E-state index contributed by atoms with van der Waals surface area (Å²) in [6, 6.07) is 18.9. The first-order chi connectivity index (χ1) is 11.3. The van der Waals surface area contributed by atoms with Gasteiger partial charge in [-0.15, -0.1) is 0 Å². The Bertz CT molecular complexity index is 811. The summed E-state index contributed by atoms with van der Waals surface area (Å²) in [5.74, 6) is 0.633. The number of hydrogen-bond acceptors (Lipinski definition) is 3. The van der Waals surface area contributed by atoms with Gasteiger partial charge in [-0.3, -0.25) is 0 Å². The van der Waals surface area contributed by atoms with Crippen LogP contribution >= 0.6 is 0 Å². The lowest BCUT2D eigenvalue weighted by Gasteiger charge is -2.05. The van der Waals surface area contributed by atoms with Gasteiger partial charge in [0.2, 0.25) is 0 Å². The Labute approximate surface area is 136 Å². The number of hydrogen-bond donors (Lipinski definition) is 0. The first kappa shape index (κ1) is 14.9. The fraction of sp³-hybridized carbons (Fsp3) is 0.150. The van der Waals surface area contributed by atoms with Crippen molar-refractivity contribution in [2.75, 3.05) is 0 Å². The third kappa shape index (κ3) is 3.44. The summed E-state index contributed by atoms with van der Waals surface area (Å²) in [5, 5.41) is 8.78. The molecule has 0 saturated heterocycles. The second-order valence-electron chi connectivity index (χ2n) is 5.43. The standard InChI is InChI=1S/C20H17N3/c1-2-3-15-4-6-17(7-5-15)18-8-10-19(11-9-18)20-22-13-16(12-21)14-23-20/h4-11,13-14H,2-3H2,1H3. The minimum Gasteiger partial charge on any atom is -0.235 e. The average Bonchev–Trinajstić information content (AvgIpc) is 2.63. The predicted octanol–water partition coefficient (Wildman–Crippen LogP) is 4.63. The first-order valence-electron chi connectivity index (χ1n) is 7.72. The molecule has 112 valence electrons.